The van der Waals surface area contributed by atoms with E-state index < -0.39 is 12.2 Å². The Morgan fingerprint density at radius 2 is 2.29 bits per heavy atom. The van der Waals surface area contributed by atoms with Crippen LogP contribution in [0.2, 0.25) is 0 Å². The molecule has 0 aromatic carbocycles. The molecule has 0 bridgehead atoms. The maximum Gasteiger partial charge on any atom is 0.404 e. The van der Waals surface area contributed by atoms with Crippen LogP contribution in [0.4, 0.5) is 4.79 Å². The third-order valence-corrected chi connectivity index (χ3v) is 1.95. The van der Waals surface area contributed by atoms with E-state index in [4.69, 9.17) is 16.7 Å². The van der Waals surface area contributed by atoms with E-state index in [1.54, 1.807) is 0 Å². The molecule has 5 nitrogen and oxygen atoms in total. The molecule has 3 N–H and O–H groups in total. The van der Waals surface area contributed by atoms with E-state index in [1.165, 1.54) is 0 Å². The van der Waals surface area contributed by atoms with Gasteiger partial charge < -0.3 is 20.4 Å². The van der Waals surface area contributed by atoms with Gasteiger partial charge in [0.05, 0.1) is 6.10 Å². The minimum atomic E-state index is -1.12. The highest BCUT2D eigenvalue weighted by Crippen LogP contribution is 1.92. The van der Waals surface area contributed by atoms with E-state index in [9.17, 15) is 9.90 Å². The maximum absolute atomic E-state index is 10.1. The third-order valence-electron chi connectivity index (χ3n) is 1.68. The van der Waals surface area contributed by atoms with Crippen molar-refractivity contribution in [1.29, 1.82) is 0 Å². The molecular weight excluding hydrogens is 208 g/mol. The van der Waals surface area contributed by atoms with E-state index in [0.29, 0.717) is 12.4 Å². The Balaban J connectivity index is 3.49. The number of carboxylic acid groups (broad SMARTS) is 1. The fourth-order valence-corrected chi connectivity index (χ4v) is 1.17. The van der Waals surface area contributed by atoms with E-state index in [1.807, 2.05) is 11.9 Å². The number of aliphatic hydroxyl groups excluding tert-OH is 1. The van der Waals surface area contributed by atoms with Gasteiger partial charge in [-0.2, -0.15) is 0 Å². The zero-order chi connectivity index (χ0) is 11.0. The molecule has 0 unspecified atom stereocenters. The highest BCUT2D eigenvalue weighted by Gasteiger charge is 2.08. The van der Waals surface area contributed by atoms with Gasteiger partial charge in [-0.3, -0.25) is 0 Å². The van der Waals surface area contributed by atoms with Gasteiger partial charge in [0.15, 0.2) is 0 Å². The lowest BCUT2D eigenvalue weighted by molar-refractivity contribution is 0.120. The van der Waals surface area contributed by atoms with Crippen molar-refractivity contribution in [1.82, 2.24) is 10.2 Å². The highest BCUT2D eigenvalue weighted by atomic mass is 35.5. The van der Waals surface area contributed by atoms with Gasteiger partial charge in [-0.25, -0.2) is 4.79 Å². The summed E-state index contributed by atoms with van der Waals surface area (Å²) in [6.45, 7) is 1.30. The number of hydrogen-bond donors (Lipinski definition) is 3. The van der Waals surface area contributed by atoms with Crippen molar-refractivity contribution in [3.8, 4) is 0 Å². The highest BCUT2D eigenvalue weighted by molar-refractivity contribution is 6.17. The Bertz CT molecular complexity index is 169. The van der Waals surface area contributed by atoms with Gasteiger partial charge >= 0.3 is 6.09 Å². The van der Waals surface area contributed by atoms with Crippen LogP contribution >= 0.6 is 11.6 Å². The number of likely N-dealkylation sites (N-methyl/N-ethyl adjacent to an activating group) is 1. The molecule has 0 saturated heterocycles. The lowest BCUT2D eigenvalue weighted by atomic mass is 10.3. The number of carbonyl (C=O) groups is 1. The first kappa shape index (κ1) is 13.5. The molecule has 14 heavy (non-hydrogen) atoms. The summed E-state index contributed by atoms with van der Waals surface area (Å²) in [6.07, 6.45) is -0.934. The lowest BCUT2D eigenvalue weighted by Gasteiger charge is -2.19. The zero-order valence-electron chi connectivity index (χ0n) is 8.24. The first-order valence-corrected chi connectivity index (χ1v) is 4.99. The van der Waals surface area contributed by atoms with Crippen LogP contribution < -0.4 is 5.32 Å². The van der Waals surface area contributed by atoms with Gasteiger partial charge in [-0.15, -0.1) is 11.6 Å². The quantitative estimate of drug-likeness (QED) is 0.540. The molecule has 0 aromatic rings. The summed E-state index contributed by atoms with van der Waals surface area (Å²) >= 11 is 5.51. The third kappa shape index (κ3) is 8.10. The first-order chi connectivity index (χ1) is 6.56. The molecule has 84 valence electrons. The van der Waals surface area contributed by atoms with Crippen LogP contribution in [-0.2, 0) is 0 Å². The molecule has 1 atom stereocenters. The average molecular weight is 225 g/mol. The molecule has 0 heterocycles. The van der Waals surface area contributed by atoms with Crippen molar-refractivity contribution in [3.05, 3.63) is 0 Å². The second-order valence-corrected chi connectivity index (χ2v) is 3.52. The number of amides is 1. The molecule has 0 radical (unpaired) electrons. The van der Waals surface area contributed by atoms with Crippen LogP contribution in [0.1, 0.15) is 6.42 Å². The Hall–Kier alpha value is -0.520. The smallest absolute Gasteiger partial charge is 0.404 e. The summed E-state index contributed by atoms with van der Waals surface area (Å²) in [5.41, 5.74) is 0. The van der Waals surface area contributed by atoms with Crippen molar-refractivity contribution in [2.24, 2.45) is 0 Å². The molecule has 6 heteroatoms. The second-order valence-electron chi connectivity index (χ2n) is 3.14. The van der Waals surface area contributed by atoms with Gasteiger partial charge in [0.2, 0.25) is 0 Å². The molecule has 0 aromatic heterocycles. The summed E-state index contributed by atoms with van der Waals surface area (Å²) in [7, 11) is 1.86. The number of halogens is 1. The van der Waals surface area contributed by atoms with Crippen LogP contribution in [0, 0.1) is 0 Å². The fraction of sp³-hybridized carbons (Fsp3) is 0.875. The Labute approximate surface area is 88.7 Å². The molecule has 0 aliphatic carbocycles. The van der Waals surface area contributed by atoms with E-state index in [0.717, 1.165) is 13.0 Å². The summed E-state index contributed by atoms with van der Waals surface area (Å²) in [6, 6.07) is 0. The number of hydrogen-bond acceptors (Lipinski definition) is 3. The molecule has 0 fully saturated rings. The largest absolute Gasteiger partial charge is 0.465 e. The van der Waals surface area contributed by atoms with E-state index >= 15 is 0 Å². The molecule has 0 rings (SSSR count). The summed E-state index contributed by atoms with van der Waals surface area (Å²) < 4.78 is 0. The lowest BCUT2D eigenvalue weighted by Crippen LogP contribution is -2.38. The average Bonchev–Trinajstić information content (AvgIpc) is 2.11. The van der Waals surface area contributed by atoms with Gasteiger partial charge in [-0.05, 0) is 20.0 Å². The molecule has 0 aliphatic rings. The van der Waals surface area contributed by atoms with Crippen molar-refractivity contribution in [2.45, 2.75) is 12.5 Å². The first-order valence-electron chi connectivity index (χ1n) is 4.45. The van der Waals surface area contributed by atoms with Crippen LogP contribution in [0.5, 0.6) is 0 Å². The molecule has 0 aliphatic heterocycles. The fourth-order valence-electron chi connectivity index (χ4n) is 1.05. The zero-order valence-corrected chi connectivity index (χ0v) is 9.00. The molecule has 0 spiro atoms. The van der Waals surface area contributed by atoms with Crippen LogP contribution in [0.25, 0.3) is 0 Å². The normalized spacial score (nSPS) is 12.9. The monoisotopic (exact) mass is 224 g/mol. The number of alkyl halides is 1. The van der Waals surface area contributed by atoms with Gasteiger partial charge in [0.25, 0.3) is 0 Å². The molecular formula is C8H17ClN2O3. The number of aliphatic hydroxyl groups is 1. The number of nitrogens with zero attached hydrogens (tertiary/aromatic N) is 1. The summed E-state index contributed by atoms with van der Waals surface area (Å²) in [5.74, 6) is 0.591. The Morgan fingerprint density at radius 1 is 1.64 bits per heavy atom. The van der Waals surface area contributed by atoms with Gasteiger partial charge in [-0.1, -0.05) is 0 Å². The van der Waals surface area contributed by atoms with Crippen LogP contribution in [0.15, 0.2) is 0 Å². The van der Waals surface area contributed by atoms with Crippen molar-refractivity contribution in [3.63, 3.8) is 0 Å². The number of rotatable bonds is 7. The summed E-state index contributed by atoms with van der Waals surface area (Å²) in [4.78, 5) is 12.0. The molecule has 0 saturated carbocycles. The van der Waals surface area contributed by atoms with E-state index in [2.05, 4.69) is 5.32 Å². The maximum atomic E-state index is 10.1. The van der Waals surface area contributed by atoms with Crippen molar-refractivity contribution < 1.29 is 15.0 Å². The van der Waals surface area contributed by atoms with Crippen molar-refractivity contribution in [2.75, 3.05) is 32.6 Å². The molecule has 1 amide bonds. The van der Waals surface area contributed by atoms with Crippen molar-refractivity contribution >= 4 is 17.7 Å². The standard InChI is InChI=1S/C8H17ClN2O3/c1-11(4-2-3-9)6-7(12)5-10-8(13)14/h7,10,12H,2-6H2,1H3,(H,13,14)/t7-/m0/s1. The number of nitrogens with one attached hydrogen (secondary N) is 1. The topological polar surface area (TPSA) is 72.8 Å². The predicted octanol–water partition coefficient (Wildman–Crippen LogP) is 0.176. The SMILES string of the molecule is CN(CCCCl)C[C@@H](O)CNC(=O)O. The minimum Gasteiger partial charge on any atom is -0.465 e. The van der Waals surface area contributed by atoms with Crippen LogP contribution in [0.3, 0.4) is 0 Å². The van der Waals surface area contributed by atoms with Gasteiger partial charge in [0.1, 0.15) is 0 Å². The predicted molar refractivity (Wildman–Crippen MR) is 54.9 cm³/mol. The van der Waals surface area contributed by atoms with Crippen LogP contribution in [-0.4, -0.2) is 59.9 Å². The Kier molecular flexibility index (Phi) is 7.55. The Morgan fingerprint density at radius 3 is 2.79 bits per heavy atom. The second kappa shape index (κ2) is 7.84. The summed E-state index contributed by atoms with van der Waals surface area (Å²) in [5, 5.41) is 19.8. The van der Waals surface area contributed by atoms with Gasteiger partial charge in [0, 0.05) is 19.0 Å². The van der Waals surface area contributed by atoms with E-state index in [-0.39, 0.29) is 6.54 Å². The minimum absolute atomic E-state index is 0.0561.